The Hall–Kier alpha value is -1.87. The molecule has 3 rings (SSSR count). The lowest BCUT2D eigenvalue weighted by Gasteiger charge is -2.16. The minimum Gasteiger partial charge on any atom is -0.326 e. The zero-order valence-corrected chi connectivity index (χ0v) is 11.1. The lowest BCUT2D eigenvalue weighted by molar-refractivity contribution is 0.701. The minimum absolute atomic E-state index is 0.0869. The van der Waals surface area contributed by atoms with Crippen molar-refractivity contribution < 1.29 is 0 Å². The maximum atomic E-state index is 12.6. The van der Waals surface area contributed by atoms with Gasteiger partial charge in [0.05, 0.1) is 5.69 Å². The summed E-state index contributed by atoms with van der Waals surface area (Å²) in [4.78, 5) is 12.6. The maximum Gasteiger partial charge on any atom is 0.256 e. The van der Waals surface area contributed by atoms with E-state index in [1.54, 1.807) is 0 Å². The van der Waals surface area contributed by atoms with E-state index >= 15 is 0 Å². The van der Waals surface area contributed by atoms with E-state index in [0.29, 0.717) is 12.6 Å². The first-order chi connectivity index (χ1) is 9.22. The summed E-state index contributed by atoms with van der Waals surface area (Å²) in [5.74, 6) is 0. The summed E-state index contributed by atoms with van der Waals surface area (Å²) in [7, 11) is 0. The van der Waals surface area contributed by atoms with Crippen LogP contribution in [0.3, 0.4) is 0 Å². The molecule has 1 aliphatic carbocycles. The first-order valence-corrected chi connectivity index (χ1v) is 6.73. The summed E-state index contributed by atoms with van der Waals surface area (Å²) in [5, 5.41) is 0. The third-order valence-electron chi connectivity index (χ3n) is 3.75. The lowest BCUT2D eigenvalue weighted by Crippen LogP contribution is -2.27. The molecule has 0 radical (unpaired) electrons. The Kier molecular flexibility index (Phi) is 2.99. The molecule has 0 bridgehead atoms. The molecule has 2 aromatic rings. The molecule has 2 N–H and O–H groups in total. The fraction of sp³-hybridized carbons (Fsp3) is 0.312. The van der Waals surface area contributed by atoms with E-state index in [-0.39, 0.29) is 5.56 Å². The fourth-order valence-corrected chi connectivity index (χ4v) is 2.56. The van der Waals surface area contributed by atoms with E-state index < -0.39 is 0 Å². The topological polar surface area (TPSA) is 48.0 Å². The van der Waals surface area contributed by atoms with Crippen molar-refractivity contribution in [1.29, 1.82) is 0 Å². The molecular weight excluding hydrogens is 236 g/mol. The Morgan fingerprint density at radius 1 is 1.26 bits per heavy atom. The van der Waals surface area contributed by atoms with Gasteiger partial charge in [-0.15, -0.1) is 0 Å². The van der Waals surface area contributed by atoms with Gasteiger partial charge in [0.25, 0.3) is 5.56 Å². The molecule has 1 fully saturated rings. The molecule has 3 heteroatoms. The van der Waals surface area contributed by atoms with Gasteiger partial charge in [-0.05, 0) is 37.0 Å². The fourth-order valence-electron chi connectivity index (χ4n) is 2.56. The standard InChI is InChI=1S/C16H18N2O/c1-11-9-15(12-5-3-2-4-6-12)18(13-7-8-13)16(19)14(11)10-17/h2-6,9,13H,7-8,10,17H2,1H3. The van der Waals surface area contributed by atoms with Crippen molar-refractivity contribution in [3.05, 3.63) is 57.9 Å². The molecule has 98 valence electrons. The molecule has 1 aliphatic rings. The third-order valence-corrected chi connectivity index (χ3v) is 3.75. The van der Waals surface area contributed by atoms with Crippen LogP contribution in [0.15, 0.2) is 41.2 Å². The van der Waals surface area contributed by atoms with Crippen molar-refractivity contribution in [2.75, 3.05) is 0 Å². The van der Waals surface area contributed by atoms with Crippen molar-refractivity contribution in [3.8, 4) is 11.3 Å². The molecule has 1 heterocycles. The van der Waals surface area contributed by atoms with Crippen molar-refractivity contribution in [2.45, 2.75) is 32.4 Å². The zero-order valence-electron chi connectivity index (χ0n) is 11.1. The Morgan fingerprint density at radius 2 is 1.95 bits per heavy atom. The number of hydrogen-bond acceptors (Lipinski definition) is 2. The van der Waals surface area contributed by atoms with Gasteiger partial charge >= 0.3 is 0 Å². The molecule has 1 saturated carbocycles. The van der Waals surface area contributed by atoms with E-state index in [4.69, 9.17) is 5.73 Å². The highest BCUT2D eigenvalue weighted by atomic mass is 16.1. The number of nitrogens with two attached hydrogens (primary N) is 1. The first-order valence-electron chi connectivity index (χ1n) is 6.73. The Bertz CT molecular complexity index is 654. The number of pyridine rings is 1. The molecule has 0 unspecified atom stereocenters. The van der Waals surface area contributed by atoms with Crippen LogP contribution in [-0.2, 0) is 6.54 Å². The van der Waals surface area contributed by atoms with Crippen LogP contribution in [0, 0.1) is 6.92 Å². The zero-order chi connectivity index (χ0) is 13.4. The van der Waals surface area contributed by atoms with Crippen LogP contribution in [0.25, 0.3) is 11.3 Å². The van der Waals surface area contributed by atoms with Crippen LogP contribution in [0.5, 0.6) is 0 Å². The van der Waals surface area contributed by atoms with E-state index in [1.807, 2.05) is 29.7 Å². The first kappa shape index (κ1) is 12.2. The molecule has 1 aromatic heterocycles. The van der Waals surface area contributed by atoms with Crippen LogP contribution in [0.1, 0.15) is 30.0 Å². The molecule has 19 heavy (non-hydrogen) atoms. The number of rotatable bonds is 3. The van der Waals surface area contributed by atoms with Gasteiger partial charge in [-0.25, -0.2) is 0 Å². The second-order valence-corrected chi connectivity index (χ2v) is 5.17. The van der Waals surface area contributed by atoms with Gasteiger partial charge in [0, 0.05) is 18.2 Å². The van der Waals surface area contributed by atoms with Gasteiger partial charge in [-0.3, -0.25) is 4.79 Å². The average Bonchev–Trinajstić information content (AvgIpc) is 3.24. The molecule has 0 atom stereocenters. The normalized spacial score (nSPS) is 14.6. The predicted octanol–water partition coefficient (Wildman–Crippen LogP) is 2.62. The molecule has 0 amide bonds. The lowest BCUT2D eigenvalue weighted by atomic mass is 10.0. The van der Waals surface area contributed by atoms with E-state index in [0.717, 1.165) is 35.2 Å². The molecule has 3 nitrogen and oxygen atoms in total. The highest BCUT2D eigenvalue weighted by molar-refractivity contribution is 5.61. The van der Waals surface area contributed by atoms with Crippen LogP contribution in [0.4, 0.5) is 0 Å². The monoisotopic (exact) mass is 254 g/mol. The molecule has 0 aliphatic heterocycles. The molecular formula is C16H18N2O. The van der Waals surface area contributed by atoms with Crippen LogP contribution < -0.4 is 11.3 Å². The Balaban J connectivity index is 2.27. The number of benzene rings is 1. The third kappa shape index (κ3) is 2.10. The van der Waals surface area contributed by atoms with Crippen LogP contribution in [-0.4, -0.2) is 4.57 Å². The number of aromatic nitrogens is 1. The van der Waals surface area contributed by atoms with E-state index in [9.17, 15) is 4.79 Å². The summed E-state index contributed by atoms with van der Waals surface area (Å²) in [5.41, 5.74) is 9.65. The van der Waals surface area contributed by atoms with Gasteiger partial charge in [0.2, 0.25) is 0 Å². The maximum absolute atomic E-state index is 12.6. The summed E-state index contributed by atoms with van der Waals surface area (Å²) < 4.78 is 1.94. The van der Waals surface area contributed by atoms with Gasteiger partial charge in [-0.2, -0.15) is 0 Å². The molecule has 0 spiro atoms. The number of nitrogens with zero attached hydrogens (tertiary/aromatic N) is 1. The smallest absolute Gasteiger partial charge is 0.256 e. The van der Waals surface area contributed by atoms with Crippen molar-refractivity contribution in [1.82, 2.24) is 4.57 Å². The molecule has 1 aromatic carbocycles. The minimum atomic E-state index is 0.0869. The second kappa shape index (κ2) is 4.67. The van der Waals surface area contributed by atoms with Gasteiger partial charge in [-0.1, -0.05) is 30.3 Å². The number of hydrogen-bond donors (Lipinski definition) is 1. The number of aryl methyl sites for hydroxylation is 1. The molecule has 0 saturated heterocycles. The Morgan fingerprint density at radius 3 is 2.53 bits per heavy atom. The summed E-state index contributed by atoms with van der Waals surface area (Å²) in [6, 6.07) is 12.5. The average molecular weight is 254 g/mol. The van der Waals surface area contributed by atoms with Crippen molar-refractivity contribution in [2.24, 2.45) is 5.73 Å². The second-order valence-electron chi connectivity index (χ2n) is 5.17. The van der Waals surface area contributed by atoms with Crippen LogP contribution >= 0.6 is 0 Å². The quantitative estimate of drug-likeness (QED) is 0.915. The largest absolute Gasteiger partial charge is 0.326 e. The summed E-state index contributed by atoms with van der Waals surface area (Å²) >= 11 is 0. The predicted molar refractivity (Wildman–Crippen MR) is 77.0 cm³/mol. The van der Waals surface area contributed by atoms with Crippen LogP contribution in [0.2, 0.25) is 0 Å². The van der Waals surface area contributed by atoms with E-state index in [1.165, 1.54) is 0 Å². The van der Waals surface area contributed by atoms with Crippen molar-refractivity contribution >= 4 is 0 Å². The van der Waals surface area contributed by atoms with Gasteiger partial charge < -0.3 is 10.3 Å². The van der Waals surface area contributed by atoms with Crippen molar-refractivity contribution in [3.63, 3.8) is 0 Å². The highest BCUT2D eigenvalue weighted by Gasteiger charge is 2.28. The SMILES string of the molecule is Cc1cc(-c2ccccc2)n(C2CC2)c(=O)c1CN. The van der Waals surface area contributed by atoms with Gasteiger partial charge in [0.1, 0.15) is 0 Å². The summed E-state index contributed by atoms with van der Waals surface area (Å²) in [6.07, 6.45) is 2.18. The summed E-state index contributed by atoms with van der Waals surface area (Å²) in [6.45, 7) is 2.28. The highest BCUT2D eigenvalue weighted by Crippen LogP contribution is 2.37. The van der Waals surface area contributed by atoms with E-state index in [2.05, 4.69) is 18.2 Å². The van der Waals surface area contributed by atoms with Gasteiger partial charge in [0.15, 0.2) is 0 Å². The Labute approximate surface area is 112 Å².